The molecule has 1 aromatic heterocycles. The average Bonchev–Trinajstić information content (AvgIpc) is 2.72. The third-order valence-corrected chi connectivity index (χ3v) is 4.61. The Morgan fingerprint density at radius 2 is 1.90 bits per heavy atom. The third kappa shape index (κ3) is 3.94. The molecule has 0 aliphatic carbocycles. The topological polar surface area (TPSA) is 89.2 Å². The van der Waals surface area contributed by atoms with Crippen LogP contribution in [0.1, 0.15) is 24.0 Å². The van der Waals surface area contributed by atoms with E-state index >= 15 is 0 Å². The first-order valence-corrected chi connectivity index (χ1v) is 9.17. The number of esters is 1. The summed E-state index contributed by atoms with van der Waals surface area (Å²) in [6.07, 6.45) is 0.373. The van der Waals surface area contributed by atoms with E-state index in [9.17, 15) is 14.4 Å². The van der Waals surface area contributed by atoms with E-state index in [1.54, 1.807) is 30.3 Å². The molecule has 0 atom stereocenters. The van der Waals surface area contributed by atoms with Crippen molar-refractivity contribution in [1.29, 1.82) is 0 Å². The number of anilines is 1. The number of amides is 1. The second-order valence-electron chi connectivity index (χ2n) is 6.75. The van der Waals surface area contributed by atoms with Crippen molar-refractivity contribution in [2.45, 2.75) is 26.4 Å². The highest BCUT2D eigenvalue weighted by atomic mass is 16.5. The van der Waals surface area contributed by atoms with Crippen LogP contribution in [0.2, 0.25) is 0 Å². The van der Waals surface area contributed by atoms with Gasteiger partial charge in [0, 0.05) is 29.9 Å². The Kier molecular flexibility index (Phi) is 4.95. The molecule has 2 aromatic carbocycles. The van der Waals surface area contributed by atoms with Crippen molar-refractivity contribution < 1.29 is 18.7 Å². The van der Waals surface area contributed by atoms with E-state index < -0.39 is 11.6 Å². The minimum Gasteiger partial charge on any atom is -0.456 e. The maximum Gasteiger partial charge on any atom is 0.354 e. The van der Waals surface area contributed by atoms with Crippen molar-refractivity contribution in [3.8, 4) is 0 Å². The van der Waals surface area contributed by atoms with Crippen molar-refractivity contribution in [3.05, 3.63) is 76.1 Å². The molecule has 3 aromatic rings. The lowest BCUT2D eigenvalue weighted by molar-refractivity contribution is -0.137. The summed E-state index contributed by atoms with van der Waals surface area (Å²) >= 11 is 0. The number of carbonyl (C=O) groups excluding carboxylic acids is 2. The number of hydrogen-bond donors (Lipinski definition) is 0. The molecule has 146 valence electrons. The number of ether oxygens (including phenoxy) is 1. The van der Waals surface area contributed by atoms with Crippen molar-refractivity contribution in [2.75, 3.05) is 5.01 Å². The largest absolute Gasteiger partial charge is 0.456 e. The van der Waals surface area contributed by atoms with Gasteiger partial charge in [0.1, 0.15) is 17.9 Å². The molecule has 29 heavy (non-hydrogen) atoms. The van der Waals surface area contributed by atoms with Gasteiger partial charge in [0.2, 0.25) is 5.91 Å². The van der Waals surface area contributed by atoms with Gasteiger partial charge in [-0.1, -0.05) is 30.3 Å². The van der Waals surface area contributed by atoms with Crippen LogP contribution >= 0.6 is 0 Å². The fourth-order valence-electron chi connectivity index (χ4n) is 3.15. The number of fused-ring (bicyclic) bond motifs is 1. The molecule has 7 nitrogen and oxygen atoms in total. The highest BCUT2D eigenvalue weighted by molar-refractivity contribution is 6.38. The molecule has 7 heteroatoms. The summed E-state index contributed by atoms with van der Waals surface area (Å²) in [5, 5.41) is 6.10. The predicted molar refractivity (Wildman–Crippen MR) is 108 cm³/mol. The van der Waals surface area contributed by atoms with Crippen LogP contribution in [-0.2, 0) is 20.9 Å². The molecule has 0 N–H and O–H groups in total. The van der Waals surface area contributed by atoms with Crippen LogP contribution < -0.4 is 10.6 Å². The number of aryl methyl sites for hydroxylation is 1. The van der Waals surface area contributed by atoms with Crippen LogP contribution in [-0.4, -0.2) is 17.6 Å². The van der Waals surface area contributed by atoms with E-state index in [0.717, 1.165) is 5.56 Å². The Morgan fingerprint density at radius 3 is 2.69 bits per heavy atom. The Hall–Kier alpha value is -3.74. The zero-order chi connectivity index (χ0) is 20.4. The predicted octanol–water partition coefficient (Wildman–Crippen LogP) is 3.33. The summed E-state index contributed by atoms with van der Waals surface area (Å²) < 4.78 is 10.6. The van der Waals surface area contributed by atoms with E-state index in [1.165, 1.54) is 11.1 Å². The van der Waals surface area contributed by atoms with E-state index in [4.69, 9.17) is 9.15 Å². The molecular weight excluding hydrogens is 372 g/mol. The molecule has 0 spiro atoms. The van der Waals surface area contributed by atoms with E-state index in [2.05, 4.69) is 5.10 Å². The van der Waals surface area contributed by atoms with E-state index in [1.807, 2.05) is 25.1 Å². The normalized spacial score (nSPS) is 14.0. The zero-order valence-corrected chi connectivity index (χ0v) is 15.8. The van der Waals surface area contributed by atoms with Gasteiger partial charge >= 0.3 is 11.6 Å². The van der Waals surface area contributed by atoms with Crippen LogP contribution in [0.3, 0.4) is 0 Å². The molecule has 1 aliphatic rings. The lowest BCUT2D eigenvalue weighted by atomic mass is 10.1. The molecular formula is C22H18N2O5. The highest BCUT2D eigenvalue weighted by Gasteiger charge is 2.26. The second kappa shape index (κ2) is 7.71. The minimum absolute atomic E-state index is 0.0949. The number of hydrogen-bond acceptors (Lipinski definition) is 6. The molecule has 0 saturated heterocycles. The fraction of sp³-hybridized carbons (Fsp3) is 0.182. The Morgan fingerprint density at radius 1 is 1.10 bits per heavy atom. The standard InChI is InChI=1S/C22H18N2O5/c1-14-7-8-17-15(12-21(26)29-19(17)11-14)13-28-22(27)18-9-10-20(25)24(23-18)16-5-3-2-4-6-16/h2-8,11-12H,9-10,13H2,1H3. The molecule has 1 aliphatic heterocycles. The lowest BCUT2D eigenvalue weighted by Gasteiger charge is -2.22. The van der Waals surface area contributed by atoms with Gasteiger partial charge in [-0.3, -0.25) is 4.79 Å². The van der Waals surface area contributed by atoms with Crippen molar-refractivity contribution in [2.24, 2.45) is 5.10 Å². The SMILES string of the molecule is Cc1ccc2c(COC(=O)C3=NN(c4ccccc4)C(=O)CC3)cc(=O)oc2c1. The van der Waals surface area contributed by atoms with E-state index in [0.29, 0.717) is 22.2 Å². The zero-order valence-electron chi connectivity index (χ0n) is 15.8. The molecule has 0 fully saturated rings. The number of para-hydroxylation sites is 1. The van der Waals surface area contributed by atoms with Crippen LogP contribution in [0, 0.1) is 6.92 Å². The van der Waals surface area contributed by atoms with Gasteiger partial charge in [-0.05, 0) is 30.7 Å². The maximum atomic E-state index is 12.5. The highest BCUT2D eigenvalue weighted by Crippen LogP contribution is 2.22. The average molecular weight is 390 g/mol. The number of hydrazone groups is 1. The summed E-state index contributed by atoms with van der Waals surface area (Å²) in [6, 6.07) is 15.7. The maximum absolute atomic E-state index is 12.5. The quantitative estimate of drug-likeness (QED) is 0.504. The van der Waals surface area contributed by atoms with Gasteiger partial charge in [-0.15, -0.1) is 0 Å². The third-order valence-electron chi connectivity index (χ3n) is 4.61. The first kappa shape index (κ1) is 18.6. The number of carbonyl (C=O) groups is 2. The smallest absolute Gasteiger partial charge is 0.354 e. The summed E-state index contributed by atoms with van der Waals surface area (Å²) in [4.78, 5) is 36.5. The van der Waals surface area contributed by atoms with Crippen molar-refractivity contribution in [1.82, 2.24) is 0 Å². The van der Waals surface area contributed by atoms with Crippen LogP contribution in [0.15, 0.2) is 68.9 Å². The van der Waals surface area contributed by atoms with Gasteiger partial charge in [0.25, 0.3) is 0 Å². The van der Waals surface area contributed by atoms with Gasteiger partial charge < -0.3 is 9.15 Å². The molecule has 0 bridgehead atoms. The number of nitrogens with zero attached hydrogens (tertiary/aromatic N) is 2. The van der Waals surface area contributed by atoms with Crippen molar-refractivity contribution in [3.63, 3.8) is 0 Å². The molecule has 1 amide bonds. The monoisotopic (exact) mass is 390 g/mol. The van der Waals surface area contributed by atoms with Crippen LogP contribution in [0.25, 0.3) is 11.0 Å². The van der Waals surface area contributed by atoms with Crippen molar-refractivity contribution >= 4 is 34.2 Å². The first-order chi connectivity index (χ1) is 14.0. The minimum atomic E-state index is -0.619. The second-order valence-corrected chi connectivity index (χ2v) is 6.75. The van der Waals surface area contributed by atoms with Gasteiger partial charge in [0.15, 0.2) is 0 Å². The number of rotatable bonds is 4. The summed E-state index contributed by atoms with van der Waals surface area (Å²) in [6.45, 7) is 1.80. The molecule has 2 heterocycles. The molecule has 0 unspecified atom stereocenters. The molecule has 0 radical (unpaired) electrons. The Labute approximate surface area is 166 Å². The van der Waals surface area contributed by atoms with Crippen LogP contribution in [0.4, 0.5) is 5.69 Å². The van der Waals surface area contributed by atoms with Crippen LogP contribution in [0.5, 0.6) is 0 Å². The summed E-state index contributed by atoms with van der Waals surface area (Å²) in [5.41, 5.74) is 2.19. The van der Waals surface area contributed by atoms with Gasteiger partial charge in [0.05, 0.1) is 5.69 Å². The Bertz CT molecular complexity index is 1180. The van der Waals surface area contributed by atoms with Gasteiger partial charge in [-0.25, -0.2) is 14.6 Å². The molecule has 0 saturated carbocycles. The molecule has 4 rings (SSSR count). The summed E-state index contributed by atoms with van der Waals surface area (Å²) in [5.74, 6) is -0.804. The fourth-order valence-corrected chi connectivity index (χ4v) is 3.15. The summed E-state index contributed by atoms with van der Waals surface area (Å²) in [7, 11) is 0. The lowest BCUT2D eigenvalue weighted by Crippen LogP contribution is -2.34. The number of benzene rings is 2. The van der Waals surface area contributed by atoms with Gasteiger partial charge in [-0.2, -0.15) is 5.10 Å². The Balaban J connectivity index is 1.55. The van der Waals surface area contributed by atoms with E-state index in [-0.39, 0.29) is 31.1 Å². The first-order valence-electron chi connectivity index (χ1n) is 9.17.